The SMILES string of the molecule is N#Cc1ccc(-c2nc3ccccc3nc2-c2ccc(-c3ccc(-c4cc(-c5ccccc5)nc(-c5ccccc5)c4)cc3)c3ccccc23)cc1. The van der Waals surface area contributed by atoms with Crippen LogP contribution in [-0.4, -0.2) is 15.0 Å². The zero-order valence-electron chi connectivity index (χ0n) is 28.1. The Kier molecular flexibility index (Phi) is 7.85. The molecule has 9 rings (SSSR count). The molecule has 4 heteroatoms. The van der Waals surface area contributed by atoms with Gasteiger partial charge in [-0.25, -0.2) is 15.0 Å². The average Bonchev–Trinajstić information content (AvgIpc) is 3.23. The van der Waals surface area contributed by atoms with Crippen molar-refractivity contribution in [3.05, 3.63) is 188 Å². The number of hydrogen-bond donors (Lipinski definition) is 0. The predicted octanol–water partition coefficient (Wildman–Crippen LogP) is 12.1. The smallest absolute Gasteiger partial charge is 0.0991 e. The van der Waals surface area contributed by atoms with Gasteiger partial charge in [0.2, 0.25) is 0 Å². The van der Waals surface area contributed by atoms with E-state index in [0.717, 1.165) is 89.1 Å². The molecule has 9 aromatic rings. The topological polar surface area (TPSA) is 62.5 Å². The van der Waals surface area contributed by atoms with E-state index in [4.69, 9.17) is 15.0 Å². The zero-order chi connectivity index (χ0) is 34.9. The molecule has 0 saturated heterocycles. The predicted molar refractivity (Wildman–Crippen MR) is 212 cm³/mol. The molecule has 0 aliphatic rings. The highest BCUT2D eigenvalue weighted by Gasteiger charge is 2.18. The maximum Gasteiger partial charge on any atom is 0.0991 e. The molecule has 0 aliphatic carbocycles. The summed E-state index contributed by atoms with van der Waals surface area (Å²) >= 11 is 0. The van der Waals surface area contributed by atoms with E-state index in [9.17, 15) is 5.26 Å². The van der Waals surface area contributed by atoms with E-state index in [1.165, 1.54) is 0 Å². The van der Waals surface area contributed by atoms with Crippen LogP contribution in [0.1, 0.15) is 5.56 Å². The first-order valence-corrected chi connectivity index (χ1v) is 17.2. The highest BCUT2D eigenvalue weighted by atomic mass is 14.8. The van der Waals surface area contributed by atoms with E-state index in [1.807, 2.05) is 60.7 Å². The second-order valence-corrected chi connectivity index (χ2v) is 12.7. The Morgan fingerprint density at radius 3 is 1.42 bits per heavy atom. The summed E-state index contributed by atoms with van der Waals surface area (Å²) in [6, 6.07) is 64.5. The molecular weight excluding hydrogens is 633 g/mol. The molecule has 0 atom stereocenters. The number of rotatable bonds is 6. The summed E-state index contributed by atoms with van der Waals surface area (Å²) in [6.07, 6.45) is 0. The van der Waals surface area contributed by atoms with E-state index >= 15 is 0 Å². The number of hydrogen-bond acceptors (Lipinski definition) is 4. The molecule has 0 fully saturated rings. The fourth-order valence-corrected chi connectivity index (χ4v) is 6.90. The summed E-state index contributed by atoms with van der Waals surface area (Å²) in [6.45, 7) is 0. The van der Waals surface area contributed by atoms with Crippen LogP contribution in [0.15, 0.2) is 182 Å². The van der Waals surface area contributed by atoms with Gasteiger partial charge in [0.15, 0.2) is 0 Å². The molecule has 0 radical (unpaired) electrons. The Hall–Kier alpha value is -7.22. The van der Waals surface area contributed by atoms with Crippen LogP contribution in [0.2, 0.25) is 0 Å². The first kappa shape index (κ1) is 30.8. The molecule has 0 saturated carbocycles. The van der Waals surface area contributed by atoms with Gasteiger partial charge in [0.05, 0.1) is 45.4 Å². The van der Waals surface area contributed by atoms with Gasteiger partial charge in [-0.3, -0.25) is 0 Å². The number of benzene rings is 7. The van der Waals surface area contributed by atoms with Gasteiger partial charge in [-0.05, 0) is 69.4 Å². The average molecular weight is 663 g/mol. The molecule has 0 N–H and O–H groups in total. The molecule has 0 spiro atoms. The first-order valence-electron chi connectivity index (χ1n) is 17.2. The minimum atomic E-state index is 0.608. The minimum Gasteiger partial charge on any atom is -0.248 e. The quantitative estimate of drug-likeness (QED) is 0.178. The van der Waals surface area contributed by atoms with Crippen molar-refractivity contribution in [1.82, 2.24) is 15.0 Å². The first-order chi connectivity index (χ1) is 25.7. The lowest BCUT2D eigenvalue weighted by atomic mass is 9.91. The lowest BCUT2D eigenvalue weighted by Gasteiger charge is -2.15. The molecular formula is C48H30N4. The van der Waals surface area contributed by atoms with Gasteiger partial charge >= 0.3 is 0 Å². The number of aromatic nitrogens is 3. The van der Waals surface area contributed by atoms with Crippen molar-refractivity contribution in [3.8, 4) is 73.4 Å². The fourth-order valence-electron chi connectivity index (χ4n) is 6.90. The molecule has 0 bridgehead atoms. The summed E-state index contributed by atoms with van der Waals surface area (Å²) in [4.78, 5) is 15.4. The highest BCUT2D eigenvalue weighted by molar-refractivity contribution is 6.06. The van der Waals surface area contributed by atoms with Crippen LogP contribution in [-0.2, 0) is 0 Å². The number of pyridine rings is 1. The standard InChI is InChI=1S/C48H30N4/c49-31-32-19-21-37(22-20-32)47-48(52-44-18-10-9-17-43(44)51-47)42-28-27-39(40-15-7-8-16-41(40)42)34-25-23-33(24-26-34)38-29-45(35-11-3-1-4-12-35)50-46(30-38)36-13-5-2-6-14-36/h1-30H. The van der Waals surface area contributed by atoms with Crippen LogP contribution in [0.25, 0.3) is 89.1 Å². The van der Waals surface area contributed by atoms with Crippen LogP contribution in [0.4, 0.5) is 0 Å². The molecule has 242 valence electrons. The molecule has 0 amide bonds. The van der Waals surface area contributed by atoms with Crippen molar-refractivity contribution in [1.29, 1.82) is 5.26 Å². The number of nitriles is 1. The van der Waals surface area contributed by atoms with Crippen molar-refractivity contribution < 1.29 is 0 Å². The van der Waals surface area contributed by atoms with Crippen LogP contribution in [0, 0.1) is 11.3 Å². The summed E-state index contributed by atoms with van der Waals surface area (Å²) in [5.74, 6) is 0. The van der Waals surface area contributed by atoms with E-state index in [2.05, 4.69) is 127 Å². The third kappa shape index (κ3) is 5.77. The summed E-state index contributed by atoms with van der Waals surface area (Å²) < 4.78 is 0. The molecule has 7 aromatic carbocycles. The van der Waals surface area contributed by atoms with Crippen molar-refractivity contribution in [2.45, 2.75) is 0 Å². The fraction of sp³-hybridized carbons (Fsp3) is 0. The highest BCUT2D eigenvalue weighted by Crippen LogP contribution is 2.40. The number of nitrogens with zero attached hydrogens (tertiary/aromatic N) is 4. The van der Waals surface area contributed by atoms with Crippen molar-refractivity contribution >= 4 is 21.8 Å². The van der Waals surface area contributed by atoms with Gasteiger partial charge in [-0.15, -0.1) is 0 Å². The van der Waals surface area contributed by atoms with Gasteiger partial charge in [-0.2, -0.15) is 5.26 Å². The molecule has 2 heterocycles. The van der Waals surface area contributed by atoms with Crippen molar-refractivity contribution in [2.24, 2.45) is 0 Å². The Labute approximate surface area is 302 Å². The molecule has 0 aliphatic heterocycles. The van der Waals surface area contributed by atoms with Gasteiger partial charge in [0, 0.05) is 22.3 Å². The van der Waals surface area contributed by atoms with Crippen molar-refractivity contribution in [3.63, 3.8) is 0 Å². The Bertz CT molecular complexity index is 2710. The van der Waals surface area contributed by atoms with Crippen LogP contribution in [0.3, 0.4) is 0 Å². The van der Waals surface area contributed by atoms with Gasteiger partial charge in [0.1, 0.15) is 0 Å². The minimum absolute atomic E-state index is 0.608. The third-order valence-corrected chi connectivity index (χ3v) is 9.53. The van der Waals surface area contributed by atoms with Gasteiger partial charge in [0.25, 0.3) is 0 Å². The maximum absolute atomic E-state index is 9.41. The van der Waals surface area contributed by atoms with Gasteiger partial charge in [-0.1, -0.05) is 146 Å². The van der Waals surface area contributed by atoms with E-state index in [1.54, 1.807) is 0 Å². The lowest BCUT2D eigenvalue weighted by molar-refractivity contribution is 1.30. The van der Waals surface area contributed by atoms with Crippen LogP contribution >= 0.6 is 0 Å². The Morgan fingerprint density at radius 2 is 0.827 bits per heavy atom. The van der Waals surface area contributed by atoms with E-state index in [-0.39, 0.29) is 0 Å². The maximum atomic E-state index is 9.41. The summed E-state index contributed by atoms with van der Waals surface area (Å²) in [5, 5.41) is 11.6. The summed E-state index contributed by atoms with van der Waals surface area (Å²) in [5.41, 5.74) is 14.4. The van der Waals surface area contributed by atoms with Crippen molar-refractivity contribution in [2.75, 3.05) is 0 Å². The second kappa shape index (κ2) is 13.2. The lowest BCUT2D eigenvalue weighted by Crippen LogP contribution is -1.97. The van der Waals surface area contributed by atoms with E-state index in [0.29, 0.717) is 5.56 Å². The largest absolute Gasteiger partial charge is 0.248 e. The van der Waals surface area contributed by atoms with Crippen LogP contribution < -0.4 is 0 Å². The zero-order valence-corrected chi connectivity index (χ0v) is 28.1. The molecule has 4 nitrogen and oxygen atoms in total. The summed E-state index contributed by atoms with van der Waals surface area (Å²) in [7, 11) is 0. The second-order valence-electron chi connectivity index (χ2n) is 12.7. The monoisotopic (exact) mass is 662 g/mol. The Balaban J connectivity index is 1.14. The molecule has 52 heavy (non-hydrogen) atoms. The van der Waals surface area contributed by atoms with Crippen LogP contribution in [0.5, 0.6) is 0 Å². The van der Waals surface area contributed by atoms with Gasteiger partial charge < -0.3 is 0 Å². The molecule has 2 aromatic heterocycles. The Morgan fingerprint density at radius 1 is 0.346 bits per heavy atom. The normalized spacial score (nSPS) is 11.1. The third-order valence-electron chi connectivity index (χ3n) is 9.53. The number of para-hydroxylation sites is 2. The number of fused-ring (bicyclic) bond motifs is 2. The molecule has 0 unspecified atom stereocenters. The van der Waals surface area contributed by atoms with E-state index < -0.39 is 0 Å².